The molecule has 0 fully saturated rings. The molecule has 0 unspecified atom stereocenters. The third kappa shape index (κ3) is 2.25. The van der Waals surface area contributed by atoms with Gasteiger partial charge in [-0.05, 0) is 12.6 Å². The van der Waals surface area contributed by atoms with Crippen LogP contribution in [0.2, 0.25) is 0 Å². The molecule has 1 N–H and O–H groups in total. The Kier molecular flexibility index (Phi) is 3.26. The fraction of sp³-hybridized carbons (Fsp3) is 0.273. The van der Waals surface area contributed by atoms with Gasteiger partial charge in [-0.3, -0.25) is 4.98 Å². The molecule has 2 aromatic rings. The number of nitrogens with one attached hydrogen (secondary N) is 1. The molecule has 16 heavy (non-hydrogen) atoms. The highest BCUT2D eigenvalue weighted by molar-refractivity contribution is 5.59. The van der Waals surface area contributed by atoms with Crippen LogP contribution in [0.15, 0.2) is 29.2 Å². The fourth-order valence-electron chi connectivity index (χ4n) is 1.42. The van der Waals surface area contributed by atoms with Crippen LogP contribution in [-0.4, -0.2) is 16.7 Å². The first kappa shape index (κ1) is 10.8. The van der Waals surface area contributed by atoms with Gasteiger partial charge in [0.25, 0.3) is 0 Å². The summed E-state index contributed by atoms with van der Waals surface area (Å²) in [6, 6.07) is 1.38. The van der Waals surface area contributed by atoms with Gasteiger partial charge in [0.05, 0.1) is 12.4 Å². The van der Waals surface area contributed by atoms with Crippen LogP contribution in [0.3, 0.4) is 0 Å². The first-order valence-corrected chi connectivity index (χ1v) is 5.06. The van der Waals surface area contributed by atoms with E-state index in [0.717, 1.165) is 18.3 Å². The Morgan fingerprint density at radius 3 is 3.00 bits per heavy atom. The standard InChI is InChI=1S/C11H12FN3O/c1-2-13-5-9-6-15-16-11(9)8-3-10(12)7-14-4-8/h3-4,6-7,13H,2,5H2,1H3. The topological polar surface area (TPSA) is 51.0 Å². The number of aromatic nitrogens is 2. The van der Waals surface area contributed by atoms with Crippen LogP contribution in [0.25, 0.3) is 11.3 Å². The highest BCUT2D eigenvalue weighted by Gasteiger charge is 2.11. The largest absolute Gasteiger partial charge is 0.356 e. The minimum atomic E-state index is -0.386. The predicted molar refractivity (Wildman–Crippen MR) is 57.1 cm³/mol. The molecule has 2 aromatic heterocycles. The molecule has 0 aliphatic rings. The molecule has 0 aliphatic heterocycles. The molecule has 0 radical (unpaired) electrons. The van der Waals surface area contributed by atoms with Gasteiger partial charge in [0, 0.05) is 23.9 Å². The normalized spacial score (nSPS) is 10.6. The number of halogens is 1. The molecule has 0 saturated carbocycles. The second-order valence-corrected chi connectivity index (χ2v) is 3.35. The Balaban J connectivity index is 2.29. The maximum Gasteiger partial charge on any atom is 0.172 e. The summed E-state index contributed by atoms with van der Waals surface area (Å²) in [5, 5.41) is 6.88. The van der Waals surface area contributed by atoms with E-state index in [1.807, 2.05) is 6.92 Å². The zero-order chi connectivity index (χ0) is 11.4. The van der Waals surface area contributed by atoms with Crippen molar-refractivity contribution in [1.29, 1.82) is 0 Å². The zero-order valence-electron chi connectivity index (χ0n) is 8.90. The summed E-state index contributed by atoms with van der Waals surface area (Å²) in [5.41, 5.74) is 1.50. The lowest BCUT2D eigenvalue weighted by atomic mass is 10.1. The van der Waals surface area contributed by atoms with Gasteiger partial charge >= 0.3 is 0 Å². The Morgan fingerprint density at radius 1 is 1.38 bits per heavy atom. The second kappa shape index (κ2) is 4.85. The third-order valence-electron chi connectivity index (χ3n) is 2.18. The van der Waals surface area contributed by atoms with E-state index >= 15 is 0 Å². The summed E-state index contributed by atoms with van der Waals surface area (Å²) in [4.78, 5) is 3.78. The van der Waals surface area contributed by atoms with E-state index in [0.29, 0.717) is 17.9 Å². The van der Waals surface area contributed by atoms with Gasteiger partial charge in [0.15, 0.2) is 5.76 Å². The number of pyridine rings is 1. The quantitative estimate of drug-likeness (QED) is 0.857. The number of hydrogen-bond donors (Lipinski definition) is 1. The van der Waals surface area contributed by atoms with Crippen LogP contribution < -0.4 is 5.32 Å². The number of rotatable bonds is 4. The van der Waals surface area contributed by atoms with Crippen molar-refractivity contribution in [2.45, 2.75) is 13.5 Å². The van der Waals surface area contributed by atoms with E-state index < -0.39 is 0 Å². The van der Waals surface area contributed by atoms with Gasteiger partial charge in [-0.1, -0.05) is 12.1 Å². The van der Waals surface area contributed by atoms with Crippen molar-refractivity contribution in [2.75, 3.05) is 6.54 Å². The molecule has 0 aromatic carbocycles. The van der Waals surface area contributed by atoms with E-state index in [1.54, 1.807) is 12.4 Å². The van der Waals surface area contributed by atoms with E-state index in [-0.39, 0.29) is 5.82 Å². The van der Waals surface area contributed by atoms with Gasteiger partial charge in [0.1, 0.15) is 5.82 Å². The SMILES string of the molecule is CCNCc1cnoc1-c1cncc(F)c1. The average Bonchev–Trinajstić information content (AvgIpc) is 2.74. The zero-order valence-corrected chi connectivity index (χ0v) is 8.90. The van der Waals surface area contributed by atoms with Crippen molar-refractivity contribution in [2.24, 2.45) is 0 Å². The van der Waals surface area contributed by atoms with Gasteiger partial charge in [-0.15, -0.1) is 0 Å². The smallest absolute Gasteiger partial charge is 0.172 e. The van der Waals surface area contributed by atoms with Crippen molar-refractivity contribution >= 4 is 0 Å². The minimum Gasteiger partial charge on any atom is -0.356 e. The van der Waals surface area contributed by atoms with Gasteiger partial charge in [0.2, 0.25) is 0 Å². The molecule has 2 rings (SSSR count). The molecule has 0 atom stereocenters. The Hall–Kier alpha value is -1.75. The Labute approximate surface area is 92.5 Å². The molecule has 0 spiro atoms. The van der Waals surface area contributed by atoms with Gasteiger partial charge in [-0.2, -0.15) is 0 Å². The van der Waals surface area contributed by atoms with Gasteiger partial charge < -0.3 is 9.84 Å². The van der Waals surface area contributed by atoms with Crippen molar-refractivity contribution in [1.82, 2.24) is 15.5 Å². The molecule has 0 aliphatic carbocycles. The lowest BCUT2D eigenvalue weighted by Crippen LogP contribution is -2.11. The average molecular weight is 221 g/mol. The molecule has 4 nitrogen and oxygen atoms in total. The molecule has 5 heteroatoms. The lowest BCUT2D eigenvalue weighted by molar-refractivity contribution is 0.431. The van der Waals surface area contributed by atoms with Crippen molar-refractivity contribution in [3.63, 3.8) is 0 Å². The summed E-state index contributed by atoms with van der Waals surface area (Å²) >= 11 is 0. The summed E-state index contributed by atoms with van der Waals surface area (Å²) < 4.78 is 18.1. The van der Waals surface area contributed by atoms with Crippen LogP contribution in [0.5, 0.6) is 0 Å². The Bertz CT molecular complexity index is 470. The number of nitrogens with zero attached hydrogens (tertiary/aromatic N) is 2. The van der Waals surface area contributed by atoms with Crippen LogP contribution >= 0.6 is 0 Å². The maximum atomic E-state index is 13.0. The van der Waals surface area contributed by atoms with Crippen molar-refractivity contribution in [3.05, 3.63) is 36.0 Å². The van der Waals surface area contributed by atoms with E-state index in [1.165, 1.54) is 6.07 Å². The van der Waals surface area contributed by atoms with E-state index in [4.69, 9.17) is 4.52 Å². The van der Waals surface area contributed by atoms with E-state index in [2.05, 4.69) is 15.5 Å². The molecular weight excluding hydrogens is 209 g/mol. The third-order valence-corrected chi connectivity index (χ3v) is 2.18. The van der Waals surface area contributed by atoms with Crippen LogP contribution in [0.4, 0.5) is 4.39 Å². The maximum absolute atomic E-state index is 13.0. The monoisotopic (exact) mass is 221 g/mol. The van der Waals surface area contributed by atoms with Crippen molar-refractivity contribution < 1.29 is 8.91 Å². The molecule has 0 amide bonds. The van der Waals surface area contributed by atoms with Gasteiger partial charge in [-0.25, -0.2) is 4.39 Å². The second-order valence-electron chi connectivity index (χ2n) is 3.35. The minimum absolute atomic E-state index is 0.386. The molecule has 0 saturated heterocycles. The predicted octanol–water partition coefficient (Wildman–Crippen LogP) is 1.99. The van der Waals surface area contributed by atoms with Crippen molar-refractivity contribution in [3.8, 4) is 11.3 Å². The number of hydrogen-bond acceptors (Lipinski definition) is 4. The molecular formula is C11H12FN3O. The Morgan fingerprint density at radius 2 is 2.25 bits per heavy atom. The van der Waals surface area contributed by atoms with Crippen LogP contribution in [0, 0.1) is 5.82 Å². The highest BCUT2D eigenvalue weighted by atomic mass is 19.1. The first-order valence-electron chi connectivity index (χ1n) is 5.06. The van der Waals surface area contributed by atoms with Crippen LogP contribution in [0.1, 0.15) is 12.5 Å². The first-order chi connectivity index (χ1) is 7.81. The highest BCUT2D eigenvalue weighted by Crippen LogP contribution is 2.23. The lowest BCUT2D eigenvalue weighted by Gasteiger charge is -2.01. The summed E-state index contributed by atoms with van der Waals surface area (Å²) in [7, 11) is 0. The van der Waals surface area contributed by atoms with E-state index in [9.17, 15) is 4.39 Å². The summed E-state index contributed by atoms with van der Waals surface area (Å²) in [6.07, 6.45) is 4.34. The summed E-state index contributed by atoms with van der Waals surface area (Å²) in [5.74, 6) is 0.177. The fourth-order valence-corrected chi connectivity index (χ4v) is 1.42. The molecule has 84 valence electrons. The molecule has 2 heterocycles. The van der Waals surface area contributed by atoms with Crippen LogP contribution in [-0.2, 0) is 6.54 Å². The molecule has 0 bridgehead atoms. The summed E-state index contributed by atoms with van der Waals surface area (Å²) in [6.45, 7) is 3.51.